The Morgan fingerprint density at radius 1 is 1.12 bits per heavy atom. The van der Waals surface area contributed by atoms with Gasteiger partial charge >= 0.3 is 0 Å². The summed E-state index contributed by atoms with van der Waals surface area (Å²) >= 11 is 0. The van der Waals surface area contributed by atoms with Crippen LogP contribution in [0.2, 0.25) is 0 Å². The SMILES string of the molecule is Cc1ccc(-c2noc(Cn3cc(C#N)c4ccccc43)n2)cc1. The number of nitriles is 1. The molecule has 4 aromatic rings. The first-order valence-electron chi connectivity index (χ1n) is 7.62. The summed E-state index contributed by atoms with van der Waals surface area (Å²) in [4.78, 5) is 4.47. The first kappa shape index (κ1) is 14.2. The molecule has 2 heterocycles. The Balaban J connectivity index is 1.67. The van der Waals surface area contributed by atoms with Gasteiger partial charge in [-0.2, -0.15) is 10.2 Å². The topological polar surface area (TPSA) is 67.6 Å². The van der Waals surface area contributed by atoms with E-state index in [0.717, 1.165) is 16.5 Å². The fourth-order valence-electron chi connectivity index (χ4n) is 2.75. The van der Waals surface area contributed by atoms with Crippen LogP contribution in [0.3, 0.4) is 0 Å². The summed E-state index contributed by atoms with van der Waals surface area (Å²) in [7, 11) is 0. The van der Waals surface area contributed by atoms with Crippen molar-refractivity contribution in [2.24, 2.45) is 0 Å². The summed E-state index contributed by atoms with van der Waals surface area (Å²) in [5.41, 5.74) is 3.73. The molecule has 0 N–H and O–H groups in total. The van der Waals surface area contributed by atoms with E-state index >= 15 is 0 Å². The van der Waals surface area contributed by atoms with Crippen molar-refractivity contribution in [2.75, 3.05) is 0 Å². The molecule has 2 aromatic carbocycles. The number of aryl methyl sites for hydroxylation is 1. The third kappa shape index (κ3) is 2.44. The van der Waals surface area contributed by atoms with Crippen molar-refractivity contribution in [3.63, 3.8) is 0 Å². The lowest BCUT2D eigenvalue weighted by Gasteiger charge is -2.00. The van der Waals surface area contributed by atoms with E-state index in [2.05, 4.69) is 16.2 Å². The second-order valence-corrected chi connectivity index (χ2v) is 5.68. The lowest BCUT2D eigenvalue weighted by molar-refractivity contribution is 0.373. The monoisotopic (exact) mass is 314 g/mol. The zero-order valence-electron chi connectivity index (χ0n) is 13.1. The van der Waals surface area contributed by atoms with Gasteiger partial charge in [-0.3, -0.25) is 0 Å². The summed E-state index contributed by atoms with van der Waals surface area (Å²) in [6, 6.07) is 18.0. The number of aromatic nitrogens is 3. The van der Waals surface area contributed by atoms with Gasteiger partial charge in [0.25, 0.3) is 0 Å². The molecule has 5 heteroatoms. The Morgan fingerprint density at radius 2 is 1.92 bits per heavy atom. The Kier molecular flexibility index (Phi) is 3.36. The zero-order chi connectivity index (χ0) is 16.5. The van der Waals surface area contributed by atoms with Crippen LogP contribution in [0.5, 0.6) is 0 Å². The summed E-state index contributed by atoms with van der Waals surface area (Å²) in [5, 5.41) is 14.3. The quantitative estimate of drug-likeness (QED) is 0.575. The highest BCUT2D eigenvalue weighted by Crippen LogP contribution is 2.22. The maximum Gasteiger partial charge on any atom is 0.246 e. The molecular weight excluding hydrogens is 300 g/mol. The largest absolute Gasteiger partial charge is 0.337 e. The molecule has 4 rings (SSSR count). The van der Waals surface area contributed by atoms with Gasteiger partial charge in [0.2, 0.25) is 11.7 Å². The van der Waals surface area contributed by atoms with Gasteiger partial charge in [-0.05, 0) is 13.0 Å². The minimum Gasteiger partial charge on any atom is -0.337 e. The molecule has 2 aromatic heterocycles. The molecule has 0 spiro atoms. The maximum absolute atomic E-state index is 9.28. The number of fused-ring (bicyclic) bond motifs is 1. The highest BCUT2D eigenvalue weighted by Gasteiger charge is 2.12. The van der Waals surface area contributed by atoms with Crippen LogP contribution in [0.25, 0.3) is 22.3 Å². The van der Waals surface area contributed by atoms with Crippen LogP contribution in [0.15, 0.2) is 59.3 Å². The smallest absolute Gasteiger partial charge is 0.246 e. The van der Waals surface area contributed by atoms with E-state index in [1.807, 2.05) is 66.2 Å². The lowest BCUT2D eigenvalue weighted by Crippen LogP contribution is -1.98. The number of hydrogen-bond donors (Lipinski definition) is 0. The standard InChI is InChI=1S/C19H14N4O/c1-13-6-8-14(9-7-13)19-21-18(24-22-19)12-23-11-15(10-20)16-4-2-3-5-17(16)23/h2-9,11H,12H2,1H3. The molecule has 116 valence electrons. The molecule has 0 saturated carbocycles. The van der Waals surface area contributed by atoms with Gasteiger partial charge < -0.3 is 9.09 Å². The number of benzene rings is 2. The second kappa shape index (κ2) is 5.67. The Bertz CT molecular complexity index is 1050. The van der Waals surface area contributed by atoms with Gasteiger partial charge in [0.15, 0.2) is 0 Å². The third-order valence-electron chi connectivity index (χ3n) is 3.99. The van der Waals surface area contributed by atoms with Crippen molar-refractivity contribution in [2.45, 2.75) is 13.5 Å². The number of hydrogen-bond acceptors (Lipinski definition) is 4. The van der Waals surface area contributed by atoms with Gasteiger partial charge in [0, 0.05) is 22.7 Å². The van der Waals surface area contributed by atoms with E-state index in [1.54, 1.807) is 0 Å². The van der Waals surface area contributed by atoms with Crippen LogP contribution in [0.4, 0.5) is 0 Å². The average Bonchev–Trinajstić information content (AvgIpc) is 3.21. The van der Waals surface area contributed by atoms with Crippen molar-refractivity contribution in [1.29, 1.82) is 5.26 Å². The van der Waals surface area contributed by atoms with E-state index in [-0.39, 0.29) is 0 Å². The predicted octanol–water partition coefficient (Wildman–Crippen LogP) is 3.92. The van der Waals surface area contributed by atoms with Crippen molar-refractivity contribution >= 4 is 10.9 Å². The van der Waals surface area contributed by atoms with Crippen molar-refractivity contribution < 1.29 is 4.52 Å². The molecule has 0 bridgehead atoms. The second-order valence-electron chi connectivity index (χ2n) is 5.68. The number of para-hydroxylation sites is 1. The van der Waals surface area contributed by atoms with Crippen LogP contribution in [0, 0.1) is 18.3 Å². The minimum absolute atomic E-state index is 0.432. The van der Waals surface area contributed by atoms with Crippen LogP contribution in [-0.2, 0) is 6.54 Å². The molecule has 0 fully saturated rings. The van der Waals surface area contributed by atoms with Gasteiger partial charge in [0.1, 0.15) is 12.6 Å². The molecule has 0 aliphatic carbocycles. The van der Waals surface area contributed by atoms with Crippen LogP contribution in [0.1, 0.15) is 17.0 Å². The molecule has 24 heavy (non-hydrogen) atoms. The highest BCUT2D eigenvalue weighted by molar-refractivity contribution is 5.86. The van der Waals surface area contributed by atoms with Crippen LogP contribution < -0.4 is 0 Å². The van der Waals surface area contributed by atoms with Gasteiger partial charge in [-0.15, -0.1) is 0 Å². The zero-order valence-corrected chi connectivity index (χ0v) is 13.1. The molecule has 0 atom stereocenters. The van der Waals surface area contributed by atoms with Crippen molar-refractivity contribution in [3.8, 4) is 17.5 Å². The van der Waals surface area contributed by atoms with Crippen LogP contribution in [-0.4, -0.2) is 14.7 Å². The van der Waals surface area contributed by atoms with Gasteiger partial charge in [0.05, 0.1) is 5.56 Å². The van der Waals surface area contributed by atoms with Crippen molar-refractivity contribution in [3.05, 3.63) is 71.7 Å². The molecule has 0 amide bonds. The van der Waals surface area contributed by atoms with Gasteiger partial charge in [-0.1, -0.05) is 53.2 Å². The highest BCUT2D eigenvalue weighted by atomic mass is 16.5. The number of nitrogens with zero attached hydrogens (tertiary/aromatic N) is 4. The average molecular weight is 314 g/mol. The fourth-order valence-corrected chi connectivity index (χ4v) is 2.75. The Hall–Kier alpha value is -3.39. The third-order valence-corrected chi connectivity index (χ3v) is 3.99. The molecular formula is C19H14N4O. The first-order valence-corrected chi connectivity index (χ1v) is 7.62. The van der Waals surface area contributed by atoms with Crippen LogP contribution >= 0.6 is 0 Å². The van der Waals surface area contributed by atoms with E-state index in [9.17, 15) is 5.26 Å². The molecule has 0 aliphatic heterocycles. The first-order chi connectivity index (χ1) is 11.7. The van der Waals surface area contributed by atoms with E-state index < -0.39 is 0 Å². The fraction of sp³-hybridized carbons (Fsp3) is 0.105. The Labute approximate surface area is 138 Å². The van der Waals surface area contributed by atoms with E-state index in [0.29, 0.717) is 23.8 Å². The summed E-state index contributed by atoms with van der Waals surface area (Å²) < 4.78 is 7.34. The maximum atomic E-state index is 9.28. The lowest BCUT2D eigenvalue weighted by atomic mass is 10.1. The van der Waals surface area contributed by atoms with E-state index in [4.69, 9.17) is 4.52 Å². The molecule has 0 radical (unpaired) electrons. The van der Waals surface area contributed by atoms with Crippen molar-refractivity contribution in [1.82, 2.24) is 14.7 Å². The normalized spacial score (nSPS) is 10.8. The molecule has 0 aliphatic rings. The van der Waals surface area contributed by atoms with Gasteiger partial charge in [-0.25, -0.2) is 0 Å². The summed E-state index contributed by atoms with van der Waals surface area (Å²) in [6.07, 6.45) is 1.82. The number of rotatable bonds is 3. The minimum atomic E-state index is 0.432. The molecule has 0 saturated heterocycles. The predicted molar refractivity (Wildman–Crippen MR) is 90.2 cm³/mol. The summed E-state index contributed by atoms with van der Waals surface area (Å²) in [5.74, 6) is 1.08. The molecule has 0 unspecified atom stereocenters. The molecule has 5 nitrogen and oxygen atoms in total. The summed E-state index contributed by atoms with van der Waals surface area (Å²) in [6.45, 7) is 2.47. The Morgan fingerprint density at radius 3 is 2.71 bits per heavy atom. The van der Waals surface area contributed by atoms with E-state index in [1.165, 1.54) is 5.56 Å².